The Kier molecular flexibility index (Phi) is 16.3. The minimum absolute atomic E-state index is 0.0816. The number of aliphatic hydroxyl groups excluding tert-OH is 13. The fraction of sp³-hybridized carbons (Fsp3) is 0.943. The Labute approximate surface area is 437 Å². The molecule has 75 heavy (non-hydrogen) atoms. The van der Waals surface area contributed by atoms with E-state index in [0.29, 0.717) is 38.5 Å². The largest absolute Gasteiger partial charge is 0.432 e. The molecule has 430 valence electrons. The van der Waals surface area contributed by atoms with E-state index in [0.717, 1.165) is 25.7 Å². The van der Waals surface area contributed by atoms with E-state index in [9.17, 15) is 71.2 Å². The van der Waals surface area contributed by atoms with Crippen molar-refractivity contribution >= 4 is 5.97 Å². The average Bonchev–Trinajstić information content (AvgIpc) is 3.37. The van der Waals surface area contributed by atoms with Gasteiger partial charge in [0.15, 0.2) is 18.9 Å². The molecule has 0 bridgehead atoms. The van der Waals surface area contributed by atoms with Crippen LogP contribution in [0.15, 0.2) is 11.6 Å². The van der Waals surface area contributed by atoms with Gasteiger partial charge in [-0.25, -0.2) is 0 Å². The van der Waals surface area contributed by atoms with Crippen LogP contribution in [-0.2, 0) is 42.7 Å². The van der Waals surface area contributed by atoms with Gasteiger partial charge in [0.1, 0.15) is 85.5 Å². The molecule has 22 heteroatoms. The van der Waals surface area contributed by atoms with Crippen LogP contribution in [0.2, 0.25) is 0 Å². The predicted molar refractivity (Wildman–Crippen MR) is 257 cm³/mol. The Morgan fingerprint density at radius 2 is 1.20 bits per heavy atom. The summed E-state index contributed by atoms with van der Waals surface area (Å²) in [5, 5.41) is 139. The molecule has 9 rings (SSSR count). The SMILES string of the molecule is CC1OC(OC2COC(OC3CCC4(C)C(CCC5(C)C4CC=C4C6CC(C)(C)CCC6(C(=O)OC6OC(CO)C(O)C(O)C6O)CCC45C)C3(C)CO)C(O)C2OC2OC(CO)C(O)C(O)C2O)C(O)C(O)C1O. The van der Waals surface area contributed by atoms with Gasteiger partial charge in [-0.05, 0) is 111 Å². The van der Waals surface area contributed by atoms with Crippen molar-refractivity contribution in [3.8, 4) is 0 Å². The summed E-state index contributed by atoms with van der Waals surface area (Å²) in [4.78, 5) is 14.8. The molecule has 8 fully saturated rings. The van der Waals surface area contributed by atoms with E-state index in [1.54, 1.807) is 0 Å². The highest BCUT2D eigenvalue weighted by Crippen LogP contribution is 2.76. The molecule has 5 aliphatic carbocycles. The molecule has 0 radical (unpaired) electrons. The van der Waals surface area contributed by atoms with E-state index < -0.39 is 153 Å². The summed E-state index contributed by atoms with van der Waals surface area (Å²) in [7, 11) is 0. The lowest BCUT2D eigenvalue weighted by atomic mass is 9.33. The van der Waals surface area contributed by atoms with Gasteiger partial charge < -0.3 is 104 Å². The standard InChI is InChI=1S/C53H86O22/c1-23-32(57)35(60)38(63)44(69-23)72-28-21-68-43(41(66)42(28)74-45-39(64)36(61)33(58)26(19-54)70-45)73-31-11-12-49(4)29(50(31,5)22-56)10-13-52(7)30(49)9-8-24-25-18-48(2,3)14-16-53(25,17-15-51(24,52)6)47(67)75-46-40(65)37(62)34(59)27(20-55)71-46/h8,23,25-46,54-66H,9-22H2,1-7H3. The number of carbonyl (C=O) groups is 1. The third-order valence-corrected chi connectivity index (χ3v) is 21.2. The first-order valence-corrected chi connectivity index (χ1v) is 27.3. The Morgan fingerprint density at radius 1 is 0.613 bits per heavy atom. The molecular formula is C53H86O22. The normalized spacial score (nSPS) is 54.8. The lowest BCUT2D eigenvalue weighted by molar-refractivity contribution is -0.379. The second-order valence-electron chi connectivity index (χ2n) is 25.6. The van der Waals surface area contributed by atoms with Crippen LogP contribution in [0.5, 0.6) is 0 Å². The summed E-state index contributed by atoms with van der Waals surface area (Å²) in [6.45, 7) is 12.9. The van der Waals surface area contributed by atoms with Crippen molar-refractivity contribution in [2.45, 2.75) is 235 Å². The van der Waals surface area contributed by atoms with E-state index in [2.05, 4.69) is 40.7 Å². The van der Waals surface area contributed by atoms with Crippen LogP contribution >= 0.6 is 0 Å². The number of hydrogen-bond acceptors (Lipinski definition) is 22. The Morgan fingerprint density at radius 3 is 1.83 bits per heavy atom. The molecule has 4 aliphatic heterocycles. The van der Waals surface area contributed by atoms with Gasteiger partial charge in [-0.15, -0.1) is 0 Å². The van der Waals surface area contributed by atoms with Gasteiger partial charge in [0.25, 0.3) is 0 Å². The van der Waals surface area contributed by atoms with Crippen molar-refractivity contribution in [1.82, 2.24) is 0 Å². The molecule has 4 heterocycles. The van der Waals surface area contributed by atoms with Crippen LogP contribution in [0.1, 0.15) is 113 Å². The van der Waals surface area contributed by atoms with Crippen LogP contribution < -0.4 is 0 Å². The zero-order valence-corrected chi connectivity index (χ0v) is 44.2. The van der Waals surface area contributed by atoms with Crippen molar-refractivity contribution < 1.29 is 109 Å². The molecule has 0 aromatic carbocycles. The highest BCUT2D eigenvalue weighted by atomic mass is 16.8. The fourth-order valence-corrected chi connectivity index (χ4v) is 16.2. The van der Waals surface area contributed by atoms with Gasteiger partial charge in [-0.2, -0.15) is 0 Å². The maximum Gasteiger partial charge on any atom is 0.315 e. The van der Waals surface area contributed by atoms with Crippen LogP contribution in [0.4, 0.5) is 0 Å². The van der Waals surface area contributed by atoms with Gasteiger partial charge in [0.2, 0.25) is 6.29 Å². The number of ether oxygens (including phenoxy) is 8. The lowest BCUT2D eigenvalue weighted by Gasteiger charge is -2.71. The maximum absolute atomic E-state index is 14.8. The molecule has 0 spiro atoms. The Bertz CT molecular complexity index is 2060. The molecule has 4 saturated carbocycles. The minimum atomic E-state index is -1.86. The summed E-state index contributed by atoms with van der Waals surface area (Å²) in [6, 6.07) is 0. The average molecular weight is 1080 g/mol. The van der Waals surface area contributed by atoms with Gasteiger partial charge in [-0.3, -0.25) is 4.79 Å². The van der Waals surface area contributed by atoms with Gasteiger partial charge in [-0.1, -0.05) is 53.2 Å². The van der Waals surface area contributed by atoms with Gasteiger partial charge in [0, 0.05) is 5.41 Å². The number of aliphatic hydroxyl groups is 13. The Hall–Kier alpha value is -1.59. The summed E-state index contributed by atoms with van der Waals surface area (Å²) < 4.78 is 48.2. The van der Waals surface area contributed by atoms with Crippen molar-refractivity contribution in [1.29, 1.82) is 0 Å². The summed E-state index contributed by atoms with van der Waals surface area (Å²) >= 11 is 0. The monoisotopic (exact) mass is 1070 g/mol. The number of esters is 1. The van der Waals surface area contributed by atoms with Crippen molar-refractivity contribution in [3.63, 3.8) is 0 Å². The molecule has 4 saturated heterocycles. The molecule has 0 amide bonds. The Balaban J connectivity index is 0.955. The summed E-state index contributed by atoms with van der Waals surface area (Å²) in [6.07, 6.45) is -21.4. The molecule has 28 atom stereocenters. The minimum Gasteiger partial charge on any atom is -0.432 e. The number of allylic oxidation sites excluding steroid dienone is 2. The third kappa shape index (κ3) is 9.40. The predicted octanol–water partition coefficient (Wildman–Crippen LogP) is -1.40. The highest BCUT2D eigenvalue weighted by Gasteiger charge is 2.71. The fourth-order valence-electron chi connectivity index (χ4n) is 16.2. The molecule has 28 unspecified atom stereocenters. The molecule has 9 aliphatic rings. The molecular weight excluding hydrogens is 989 g/mol. The molecule has 13 N–H and O–H groups in total. The van der Waals surface area contributed by atoms with E-state index in [1.165, 1.54) is 12.5 Å². The van der Waals surface area contributed by atoms with Gasteiger partial charge >= 0.3 is 5.97 Å². The zero-order valence-electron chi connectivity index (χ0n) is 44.2. The van der Waals surface area contributed by atoms with E-state index in [1.807, 2.05) is 6.92 Å². The quantitative estimate of drug-likeness (QED) is 0.0643. The highest BCUT2D eigenvalue weighted by molar-refractivity contribution is 5.79. The van der Waals surface area contributed by atoms with E-state index in [4.69, 9.17) is 37.9 Å². The van der Waals surface area contributed by atoms with Crippen LogP contribution in [0.3, 0.4) is 0 Å². The zero-order chi connectivity index (χ0) is 54.7. The second kappa shape index (κ2) is 21.1. The van der Waals surface area contributed by atoms with Crippen LogP contribution in [0.25, 0.3) is 0 Å². The van der Waals surface area contributed by atoms with Crippen molar-refractivity contribution in [3.05, 3.63) is 11.6 Å². The van der Waals surface area contributed by atoms with Crippen LogP contribution in [-0.4, -0.2) is 222 Å². The lowest BCUT2D eigenvalue weighted by Crippen LogP contribution is -2.67. The first-order chi connectivity index (χ1) is 35.2. The van der Waals surface area contributed by atoms with E-state index in [-0.39, 0.29) is 52.6 Å². The first-order valence-electron chi connectivity index (χ1n) is 27.3. The second-order valence-corrected chi connectivity index (χ2v) is 25.6. The molecule has 0 aromatic rings. The topological polar surface area (TPSA) is 354 Å². The van der Waals surface area contributed by atoms with Crippen molar-refractivity contribution in [2.24, 2.45) is 50.2 Å². The number of carbonyl (C=O) groups excluding carboxylic acids is 1. The van der Waals surface area contributed by atoms with E-state index >= 15 is 0 Å². The number of rotatable bonds is 11. The number of fused-ring (bicyclic) bond motifs is 7. The van der Waals surface area contributed by atoms with Gasteiger partial charge in [0.05, 0.1) is 44.1 Å². The third-order valence-electron chi connectivity index (χ3n) is 21.2. The first kappa shape index (κ1) is 58.1. The number of hydrogen-bond donors (Lipinski definition) is 13. The molecule has 0 aromatic heterocycles. The van der Waals surface area contributed by atoms with Crippen molar-refractivity contribution in [2.75, 3.05) is 26.4 Å². The smallest absolute Gasteiger partial charge is 0.315 e. The van der Waals surface area contributed by atoms with Crippen LogP contribution in [0, 0.1) is 50.2 Å². The summed E-state index contributed by atoms with van der Waals surface area (Å²) in [5.41, 5.74) is -1.62. The summed E-state index contributed by atoms with van der Waals surface area (Å²) in [5.74, 6) is -0.664. The molecule has 22 nitrogen and oxygen atoms in total. The maximum atomic E-state index is 14.8.